The summed E-state index contributed by atoms with van der Waals surface area (Å²) in [6, 6.07) is 11.7. The normalized spacial score (nSPS) is 12.6. The van der Waals surface area contributed by atoms with Gasteiger partial charge in [0.05, 0.1) is 85.8 Å². The van der Waals surface area contributed by atoms with E-state index in [2.05, 4.69) is 42.1 Å². The molecule has 3 N–H and O–H groups in total. The number of hydrogen-bond donors (Lipinski definition) is 3. The van der Waals surface area contributed by atoms with E-state index in [1.54, 1.807) is 31.7 Å². The largest absolute Gasteiger partial charge is 0.465 e. The van der Waals surface area contributed by atoms with Gasteiger partial charge < -0.3 is 58.6 Å². The molecule has 0 radical (unpaired) electrons. The van der Waals surface area contributed by atoms with Crippen molar-refractivity contribution >= 4 is 23.9 Å². The number of nitrogens with one attached hydrogen (secondary N) is 3. The van der Waals surface area contributed by atoms with Gasteiger partial charge >= 0.3 is 18.0 Å². The maximum Gasteiger partial charge on any atom is 0.407 e. The minimum absolute atomic E-state index is 0.0164. The summed E-state index contributed by atoms with van der Waals surface area (Å²) < 4.78 is 49.2. The van der Waals surface area contributed by atoms with E-state index in [0.717, 1.165) is 27.8 Å². The molecule has 0 aromatic heterocycles. The maximum atomic E-state index is 13.3. The molecule has 0 saturated carbocycles. The Bertz CT molecular complexity index is 1940. The number of ether oxygens (including phenoxy) is 9. The highest BCUT2D eigenvalue weighted by atomic mass is 16.6. The first kappa shape index (κ1) is 56.7. The van der Waals surface area contributed by atoms with Crippen molar-refractivity contribution in [2.45, 2.75) is 45.8 Å². The number of rotatable bonds is 37. The number of esters is 2. The average Bonchev–Trinajstić information content (AvgIpc) is 3.60. The van der Waals surface area contributed by atoms with E-state index in [-0.39, 0.29) is 77.5 Å². The van der Waals surface area contributed by atoms with Gasteiger partial charge in [-0.1, -0.05) is 34.5 Å². The molecule has 2 amide bonds. The molecule has 376 valence electrons. The first-order chi connectivity index (χ1) is 32.9. The van der Waals surface area contributed by atoms with Crippen molar-refractivity contribution in [3.8, 4) is 11.1 Å². The van der Waals surface area contributed by atoms with Crippen molar-refractivity contribution in [3.63, 3.8) is 0 Å². The van der Waals surface area contributed by atoms with Crippen LogP contribution in [0.15, 0.2) is 46.6 Å². The van der Waals surface area contributed by atoms with Crippen LogP contribution < -0.4 is 16.0 Å². The van der Waals surface area contributed by atoms with Gasteiger partial charge in [-0.25, -0.2) is 4.79 Å². The Morgan fingerprint density at radius 3 is 1.81 bits per heavy atom. The Morgan fingerprint density at radius 1 is 0.662 bits per heavy atom. The molecule has 0 bridgehead atoms. The predicted octanol–water partition coefficient (Wildman–Crippen LogP) is 4.27. The van der Waals surface area contributed by atoms with E-state index in [1.807, 2.05) is 24.3 Å². The van der Waals surface area contributed by atoms with Crippen LogP contribution in [-0.2, 0) is 58.8 Å². The number of amides is 2. The molecule has 3 rings (SSSR count). The number of carbonyl (C=O) groups is 4. The Labute approximate surface area is 397 Å². The Hall–Kier alpha value is -5.58. The van der Waals surface area contributed by atoms with Crippen LogP contribution in [0.2, 0.25) is 0 Å². The lowest BCUT2D eigenvalue weighted by atomic mass is 9.95. The number of hydrogen-bond acceptors (Lipinski definition) is 17. The van der Waals surface area contributed by atoms with E-state index >= 15 is 0 Å². The lowest BCUT2D eigenvalue weighted by Crippen LogP contribution is -2.41. The van der Waals surface area contributed by atoms with Crippen molar-refractivity contribution in [2.75, 3.05) is 145 Å². The zero-order chi connectivity index (χ0) is 49.2. The lowest BCUT2D eigenvalue weighted by Gasteiger charge is -2.25. The summed E-state index contributed by atoms with van der Waals surface area (Å²) in [6.07, 6.45) is -0.661. The van der Waals surface area contributed by atoms with Crippen LogP contribution in [0.3, 0.4) is 0 Å². The van der Waals surface area contributed by atoms with Gasteiger partial charge in [0.2, 0.25) is 0 Å². The smallest absolute Gasteiger partial charge is 0.407 e. The van der Waals surface area contributed by atoms with Crippen LogP contribution >= 0.6 is 0 Å². The van der Waals surface area contributed by atoms with Gasteiger partial charge in [-0.2, -0.15) is 0 Å². The molecule has 23 nitrogen and oxygen atoms in total. The minimum Gasteiger partial charge on any atom is -0.465 e. The lowest BCUT2D eigenvalue weighted by molar-refractivity contribution is -0.156. The summed E-state index contributed by atoms with van der Waals surface area (Å²) in [5.41, 5.74) is 21.0. The van der Waals surface area contributed by atoms with Gasteiger partial charge in [0.15, 0.2) is 0 Å². The Balaban J connectivity index is 1.57. The first-order valence-corrected chi connectivity index (χ1v) is 22.6. The van der Waals surface area contributed by atoms with Crippen molar-refractivity contribution in [2.24, 2.45) is 10.2 Å². The molecule has 0 fully saturated rings. The second-order valence-corrected chi connectivity index (χ2v) is 16.0. The van der Waals surface area contributed by atoms with Crippen LogP contribution in [0.5, 0.6) is 0 Å². The highest BCUT2D eigenvalue weighted by Crippen LogP contribution is 2.45. The number of alkyl carbamates (subject to hydrolysis) is 1. The second-order valence-electron chi connectivity index (χ2n) is 16.0. The molecule has 0 heterocycles. The fraction of sp³-hybridized carbons (Fsp3) is 0.644. The van der Waals surface area contributed by atoms with Gasteiger partial charge in [-0.15, -0.1) is 0 Å². The zero-order valence-corrected chi connectivity index (χ0v) is 39.7. The summed E-state index contributed by atoms with van der Waals surface area (Å²) in [4.78, 5) is 57.5. The van der Waals surface area contributed by atoms with Gasteiger partial charge in [0, 0.05) is 80.6 Å². The van der Waals surface area contributed by atoms with Crippen molar-refractivity contribution in [1.82, 2.24) is 20.9 Å². The molecule has 23 heteroatoms. The highest BCUT2D eigenvalue weighted by molar-refractivity contribution is 5.96. The van der Waals surface area contributed by atoms with Crippen LogP contribution in [0.1, 0.15) is 60.7 Å². The third-order valence-corrected chi connectivity index (χ3v) is 9.60. The molecule has 1 aliphatic rings. The number of carbonyl (C=O) groups excluding carboxylic acids is 4. The van der Waals surface area contributed by atoms with Crippen molar-refractivity contribution in [3.05, 3.63) is 79.5 Å². The molecule has 2 aromatic rings. The number of fused-ring (bicyclic) bond motifs is 3. The summed E-state index contributed by atoms with van der Waals surface area (Å²) in [6.45, 7) is 13.8. The number of azide groups is 2. The molecule has 1 atom stereocenters. The van der Waals surface area contributed by atoms with Gasteiger partial charge in [0.25, 0.3) is 5.91 Å². The fourth-order valence-electron chi connectivity index (χ4n) is 6.61. The van der Waals surface area contributed by atoms with Crippen molar-refractivity contribution < 1.29 is 61.8 Å². The average molecular weight is 957 g/mol. The predicted molar refractivity (Wildman–Crippen MR) is 249 cm³/mol. The van der Waals surface area contributed by atoms with Gasteiger partial charge in [0.1, 0.15) is 18.8 Å². The molecule has 0 aliphatic heterocycles. The molecule has 68 heavy (non-hydrogen) atoms. The first-order valence-electron chi connectivity index (χ1n) is 22.6. The van der Waals surface area contributed by atoms with Crippen molar-refractivity contribution in [1.29, 1.82) is 0 Å². The van der Waals surface area contributed by atoms with E-state index in [9.17, 15) is 19.2 Å². The van der Waals surface area contributed by atoms with Gasteiger partial charge in [-0.05, 0) is 71.8 Å². The van der Waals surface area contributed by atoms with Crippen LogP contribution in [-0.4, -0.2) is 179 Å². The topological polar surface area (TPSA) is 288 Å². The highest BCUT2D eigenvalue weighted by Gasteiger charge is 2.31. The van der Waals surface area contributed by atoms with Gasteiger partial charge in [-0.3, -0.25) is 19.3 Å². The SMILES string of the molecule is CC(=O)OCCN(CCNC(=O)OCC1c2cc(CNCCOCCOCCOCCN=[N+]=[N-])ccc2-c2ccc(C(=O)NCCOCCOCCOCCN=[N+]=[N-])cc21)CC(=O)OC(C)(C)C. The van der Waals surface area contributed by atoms with E-state index in [1.165, 1.54) is 6.92 Å². The summed E-state index contributed by atoms with van der Waals surface area (Å²) in [5, 5.41) is 15.9. The third-order valence-electron chi connectivity index (χ3n) is 9.60. The summed E-state index contributed by atoms with van der Waals surface area (Å²) in [5.74, 6) is -1.56. The second kappa shape index (κ2) is 33.8. The maximum absolute atomic E-state index is 13.3. The molecular weight excluding hydrogens is 889 g/mol. The molecule has 2 aromatic carbocycles. The van der Waals surface area contributed by atoms with Crippen LogP contribution in [0, 0.1) is 0 Å². The van der Waals surface area contributed by atoms with E-state index < -0.39 is 23.6 Å². The molecule has 1 unspecified atom stereocenters. The Kier molecular flexibility index (Phi) is 28.2. The standard InChI is InChI=1S/C45H68N10O13/c1-34(56)66-20-15-55(32-42(57)68-45(2,3)4)14-9-50-44(59)67-33-41-39-29-35(31-48-10-16-60-21-25-64-27-23-62-18-12-51-53-46)5-7-37(39)38-8-6-36(30-40(38)41)43(58)49-11-17-61-22-26-65-28-24-63-19-13-52-54-47/h5-8,29-30,41,48H,9-28,31-33H2,1-4H3,(H,49,58)(H,50,59). The molecule has 1 aliphatic carbocycles. The quantitative estimate of drug-likeness (QED) is 0.0213. The number of benzene rings is 2. The summed E-state index contributed by atoms with van der Waals surface area (Å²) in [7, 11) is 0. The molecular formula is C45H68N10O13. The third kappa shape index (κ3) is 24.4. The van der Waals surface area contributed by atoms with E-state index in [0.29, 0.717) is 91.3 Å². The fourth-order valence-corrected chi connectivity index (χ4v) is 6.61. The van der Waals surface area contributed by atoms with Crippen LogP contribution in [0.25, 0.3) is 32.0 Å². The summed E-state index contributed by atoms with van der Waals surface area (Å²) >= 11 is 0. The Morgan fingerprint density at radius 2 is 1.22 bits per heavy atom. The molecule has 0 spiro atoms. The van der Waals surface area contributed by atoms with E-state index in [4.69, 9.17) is 53.7 Å². The molecule has 0 saturated heterocycles. The zero-order valence-electron chi connectivity index (χ0n) is 39.7. The van der Waals surface area contributed by atoms with Crippen LogP contribution in [0.4, 0.5) is 4.79 Å². The number of nitrogens with zero attached hydrogens (tertiary/aromatic N) is 7. The minimum atomic E-state index is -0.680. The monoisotopic (exact) mass is 956 g/mol.